The van der Waals surface area contributed by atoms with Crippen LogP contribution in [0.3, 0.4) is 0 Å². The first-order chi connectivity index (χ1) is 7.63. The van der Waals surface area contributed by atoms with E-state index in [-0.39, 0.29) is 10.8 Å². The average molecular weight is 243 g/mol. The van der Waals surface area contributed by atoms with Gasteiger partial charge in [-0.3, -0.25) is 15.6 Å². The zero-order chi connectivity index (χ0) is 12.0. The normalized spacial score (nSPS) is 9.38. The Bertz CT molecular complexity index is 400. The number of amides is 1. The molecule has 0 spiro atoms. The number of rotatable bonds is 2. The average Bonchev–Trinajstić information content (AvgIpc) is 2.29. The monoisotopic (exact) mass is 243 g/mol. The van der Waals surface area contributed by atoms with Crippen LogP contribution in [0, 0.1) is 5.82 Å². The van der Waals surface area contributed by atoms with Gasteiger partial charge in [-0.2, -0.15) is 0 Å². The molecule has 0 aromatic heterocycles. The zero-order valence-corrected chi connectivity index (χ0v) is 8.97. The van der Waals surface area contributed by atoms with E-state index < -0.39 is 18.3 Å². The number of hydrazine groups is 1. The van der Waals surface area contributed by atoms with E-state index in [4.69, 9.17) is 17.3 Å². The fourth-order valence-electron chi connectivity index (χ4n) is 0.882. The maximum Gasteiger partial charge on any atom is 0.264 e. The van der Waals surface area contributed by atoms with Crippen LogP contribution in [0.1, 0.15) is 0 Å². The lowest BCUT2D eigenvalue weighted by Crippen LogP contribution is -2.44. The van der Waals surface area contributed by atoms with Gasteiger partial charge < -0.3 is 10.4 Å². The highest BCUT2D eigenvalue weighted by molar-refractivity contribution is 7.80. The van der Waals surface area contributed by atoms with Crippen molar-refractivity contribution < 1.29 is 14.3 Å². The molecule has 0 bridgehead atoms. The summed E-state index contributed by atoms with van der Waals surface area (Å²) in [6, 6.07) is 5.96. The predicted molar refractivity (Wildman–Crippen MR) is 61.0 cm³/mol. The quantitative estimate of drug-likeness (QED) is 0.439. The highest BCUT2D eigenvalue weighted by Gasteiger charge is 2.03. The topological polar surface area (TPSA) is 73.4 Å². The van der Waals surface area contributed by atoms with Gasteiger partial charge in [0.15, 0.2) is 5.11 Å². The number of anilines is 1. The van der Waals surface area contributed by atoms with Crippen LogP contribution in [0.25, 0.3) is 0 Å². The number of hydrogen-bond donors (Lipinski definition) is 4. The Hall–Kier alpha value is -1.73. The van der Waals surface area contributed by atoms with Crippen molar-refractivity contribution in [2.45, 2.75) is 0 Å². The number of hydrogen-bond acceptors (Lipinski definition) is 3. The highest BCUT2D eigenvalue weighted by atomic mass is 32.1. The van der Waals surface area contributed by atoms with E-state index in [1.807, 2.05) is 0 Å². The van der Waals surface area contributed by atoms with Crippen molar-refractivity contribution in [3.05, 3.63) is 30.1 Å². The second-order valence-corrected chi connectivity index (χ2v) is 3.17. The summed E-state index contributed by atoms with van der Waals surface area (Å²) in [5.41, 5.74) is 4.60. The summed E-state index contributed by atoms with van der Waals surface area (Å²) in [6.07, 6.45) is 0. The number of nitrogens with one attached hydrogen (secondary N) is 3. The van der Waals surface area contributed by atoms with Crippen LogP contribution in [-0.2, 0) is 4.79 Å². The van der Waals surface area contributed by atoms with Gasteiger partial charge in [0.05, 0.1) is 5.69 Å². The number of para-hydroxylation sites is 1. The molecule has 0 aliphatic rings. The second-order valence-electron chi connectivity index (χ2n) is 2.77. The lowest BCUT2D eigenvalue weighted by molar-refractivity contribution is -0.124. The van der Waals surface area contributed by atoms with E-state index in [1.54, 1.807) is 12.1 Å². The van der Waals surface area contributed by atoms with Crippen LogP contribution in [-0.4, -0.2) is 22.7 Å². The third kappa shape index (κ3) is 3.79. The predicted octanol–water partition coefficient (Wildman–Crippen LogP) is 0.136. The Morgan fingerprint density at radius 2 is 2.06 bits per heavy atom. The van der Waals surface area contributed by atoms with Gasteiger partial charge in [0.1, 0.15) is 12.4 Å². The molecule has 7 heteroatoms. The van der Waals surface area contributed by atoms with Crippen molar-refractivity contribution in [3.63, 3.8) is 0 Å². The minimum absolute atomic E-state index is 0.0203. The van der Waals surface area contributed by atoms with E-state index in [1.165, 1.54) is 12.1 Å². The fraction of sp³-hybridized carbons (Fsp3) is 0.111. The van der Waals surface area contributed by atoms with Crippen LogP contribution in [0.4, 0.5) is 10.1 Å². The molecule has 1 amide bonds. The molecule has 5 nitrogen and oxygen atoms in total. The van der Waals surface area contributed by atoms with Gasteiger partial charge in [0.2, 0.25) is 0 Å². The maximum absolute atomic E-state index is 13.1. The largest absolute Gasteiger partial charge is 0.386 e. The molecular formula is C9H10FN3O2S. The van der Waals surface area contributed by atoms with Gasteiger partial charge in [0, 0.05) is 0 Å². The van der Waals surface area contributed by atoms with Gasteiger partial charge in [-0.1, -0.05) is 12.1 Å². The summed E-state index contributed by atoms with van der Waals surface area (Å²) < 4.78 is 13.1. The lowest BCUT2D eigenvalue weighted by atomic mass is 10.3. The highest BCUT2D eigenvalue weighted by Crippen LogP contribution is 2.11. The molecule has 0 saturated heterocycles. The van der Waals surface area contributed by atoms with Crippen LogP contribution < -0.4 is 16.2 Å². The van der Waals surface area contributed by atoms with Crippen molar-refractivity contribution in [2.24, 2.45) is 0 Å². The molecule has 0 aliphatic carbocycles. The molecular weight excluding hydrogens is 233 g/mol. The first-order valence-corrected chi connectivity index (χ1v) is 4.75. The molecule has 0 radical (unpaired) electrons. The first-order valence-electron chi connectivity index (χ1n) is 4.34. The molecule has 0 heterocycles. The van der Waals surface area contributed by atoms with Crippen molar-refractivity contribution in [3.8, 4) is 0 Å². The van der Waals surface area contributed by atoms with Crippen molar-refractivity contribution in [1.29, 1.82) is 0 Å². The molecule has 4 N–H and O–H groups in total. The Labute approximate surface area is 96.6 Å². The smallest absolute Gasteiger partial charge is 0.264 e. The summed E-state index contributed by atoms with van der Waals surface area (Å²) in [5, 5.41) is 11.0. The summed E-state index contributed by atoms with van der Waals surface area (Å²) in [4.78, 5) is 10.7. The standard InChI is InChI=1S/C9H10FN3O2S/c10-6-3-1-2-4-7(6)11-9(16)13-12-8(15)5-14/h1-4,14H,5H2,(H,12,15)(H2,11,13,16). The molecule has 0 unspecified atom stereocenters. The fourth-order valence-corrected chi connectivity index (χ4v) is 1.04. The lowest BCUT2D eigenvalue weighted by Gasteiger charge is -2.11. The van der Waals surface area contributed by atoms with Crippen LogP contribution in [0.15, 0.2) is 24.3 Å². The van der Waals surface area contributed by atoms with Crippen molar-refractivity contribution in [2.75, 3.05) is 11.9 Å². The Morgan fingerprint density at radius 3 is 2.69 bits per heavy atom. The van der Waals surface area contributed by atoms with E-state index in [2.05, 4.69) is 16.2 Å². The third-order valence-corrected chi connectivity index (χ3v) is 1.79. The van der Waals surface area contributed by atoms with Gasteiger partial charge >= 0.3 is 0 Å². The number of carbonyl (C=O) groups is 1. The maximum atomic E-state index is 13.1. The first kappa shape index (κ1) is 12.3. The van der Waals surface area contributed by atoms with Crippen LogP contribution in [0.2, 0.25) is 0 Å². The Morgan fingerprint density at radius 1 is 1.38 bits per heavy atom. The van der Waals surface area contributed by atoms with Gasteiger partial charge in [-0.05, 0) is 24.4 Å². The van der Waals surface area contributed by atoms with Gasteiger partial charge in [0.25, 0.3) is 5.91 Å². The van der Waals surface area contributed by atoms with Gasteiger partial charge in [-0.15, -0.1) is 0 Å². The molecule has 0 atom stereocenters. The van der Waals surface area contributed by atoms with Crippen LogP contribution in [0.5, 0.6) is 0 Å². The Balaban J connectivity index is 2.46. The molecule has 1 aromatic rings. The summed E-state index contributed by atoms with van der Waals surface area (Å²) in [5.74, 6) is -1.10. The van der Waals surface area contributed by atoms with Crippen molar-refractivity contribution in [1.82, 2.24) is 10.9 Å². The van der Waals surface area contributed by atoms with E-state index in [9.17, 15) is 9.18 Å². The van der Waals surface area contributed by atoms with E-state index >= 15 is 0 Å². The zero-order valence-electron chi connectivity index (χ0n) is 8.16. The molecule has 0 saturated carbocycles. The van der Waals surface area contributed by atoms with Crippen LogP contribution >= 0.6 is 12.2 Å². The van der Waals surface area contributed by atoms with Gasteiger partial charge in [-0.25, -0.2) is 4.39 Å². The molecule has 16 heavy (non-hydrogen) atoms. The third-order valence-electron chi connectivity index (χ3n) is 1.58. The summed E-state index contributed by atoms with van der Waals surface area (Å²) in [7, 11) is 0. The molecule has 86 valence electrons. The van der Waals surface area contributed by atoms with E-state index in [0.29, 0.717) is 0 Å². The SMILES string of the molecule is O=C(CO)NNC(=S)Nc1ccccc1F. The molecule has 1 aromatic carbocycles. The number of thiocarbonyl (C=S) groups is 1. The molecule has 0 aliphatic heterocycles. The molecule has 0 fully saturated rings. The number of halogens is 1. The second kappa shape index (κ2) is 5.99. The number of benzene rings is 1. The number of aliphatic hydroxyl groups is 1. The minimum atomic E-state index is -0.657. The number of carbonyl (C=O) groups excluding carboxylic acids is 1. The minimum Gasteiger partial charge on any atom is -0.386 e. The number of aliphatic hydroxyl groups excluding tert-OH is 1. The van der Waals surface area contributed by atoms with Crippen molar-refractivity contribution >= 4 is 28.9 Å². The molecule has 1 rings (SSSR count). The summed E-state index contributed by atoms with van der Waals surface area (Å²) >= 11 is 4.78. The van der Waals surface area contributed by atoms with E-state index in [0.717, 1.165) is 0 Å². The summed E-state index contributed by atoms with van der Waals surface area (Å²) in [6.45, 7) is -0.657. The Kier molecular flexibility index (Phi) is 4.62.